The summed E-state index contributed by atoms with van der Waals surface area (Å²) in [5, 5.41) is 0. The summed E-state index contributed by atoms with van der Waals surface area (Å²) in [6.45, 7) is 3.84. The Hall–Kier alpha value is -0.990. The number of hydrogen-bond donors (Lipinski definition) is 2. The zero-order valence-corrected chi connectivity index (χ0v) is 55.5. The standard InChI is InChI=1S/C71H142NO8P/c1-3-5-7-9-11-13-15-17-19-21-23-24-25-26-27-28-29-30-31-32-33-34-35-36-37-38-39-40-41-42-43-44-46-48-50-52-54-56-58-60-62-64-71(74)80-69(68-79-81(75,76)78-66-65-72)67-77-70(73)63-61-59-57-55-53-51-49-47-45-22-20-18-16-14-12-10-8-6-4-2/h69H,3-68,72H2,1-2H3,(H,75,76). The first-order chi connectivity index (χ1) is 39.8. The molecule has 0 rings (SSSR count). The molecule has 0 amide bonds. The van der Waals surface area contributed by atoms with Crippen molar-refractivity contribution in [1.29, 1.82) is 0 Å². The van der Waals surface area contributed by atoms with Crippen LogP contribution in [0.1, 0.15) is 412 Å². The predicted molar refractivity (Wildman–Crippen MR) is 349 cm³/mol. The molecule has 2 atom stereocenters. The second-order valence-electron chi connectivity index (χ2n) is 25.2. The molecule has 0 saturated heterocycles. The highest BCUT2D eigenvalue weighted by Gasteiger charge is 2.26. The van der Waals surface area contributed by atoms with Crippen LogP contribution in [0, 0.1) is 0 Å². The number of phosphoric ester groups is 1. The minimum absolute atomic E-state index is 0.0588. The van der Waals surface area contributed by atoms with Crippen LogP contribution in [0.25, 0.3) is 0 Å². The van der Waals surface area contributed by atoms with Gasteiger partial charge in [-0.2, -0.15) is 0 Å². The minimum atomic E-state index is -4.38. The Kier molecular flexibility index (Phi) is 67.3. The first kappa shape index (κ1) is 80.0. The van der Waals surface area contributed by atoms with Crippen LogP contribution < -0.4 is 5.73 Å². The lowest BCUT2D eigenvalue weighted by Crippen LogP contribution is -2.29. The van der Waals surface area contributed by atoms with E-state index in [4.69, 9.17) is 24.3 Å². The van der Waals surface area contributed by atoms with Crippen LogP contribution in [0.4, 0.5) is 0 Å². The Labute approximate surface area is 505 Å². The van der Waals surface area contributed by atoms with Crippen molar-refractivity contribution in [3.05, 3.63) is 0 Å². The average molecular weight is 1170 g/mol. The van der Waals surface area contributed by atoms with Crippen molar-refractivity contribution in [2.75, 3.05) is 26.4 Å². The van der Waals surface area contributed by atoms with Gasteiger partial charge in [0, 0.05) is 19.4 Å². The molecule has 81 heavy (non-hydrogen) atoms. The third-order valence-electron chi connectivity index (χ3n) is 17.0. The SMILES string of the molecule is CCCCCCCCCCCCCCCCCCCCCCCCCCCCCCCCCCCCCCCCCCCC(=O)OC(COC(=O)CCCCCCCCCCCCCCCCCCCCC)COP(=O)(O)OCCN. The van der Waals surface area contributed by atoms with Gasteiger partial charge in [0.25, 0.3) is 0 Å². The number of nitrogens with two attached hydrogens (primary N) is 1. The summed E-state index contributed by atoms with van der Waals surface area (Å²) in [5.41, 5.74) is 5.40. The zero-order valence-electron chi connectivity index (χ0n) is 54.6. The molecule has 3 N–H and O–H groups in total. The lowest BCUT2D eigenvalue weighted by atomic mass is 10.0. The summed E-state index contributed by atoms with van der Waals surface area (Å²) < 4.78 is 33.2. The van der Waals surface area contributed by atoms with Gasteiger partial charge in [-0.25, -0.2) is 4.57 Å². The highest BCUT2D eigenvalue weighted by atomic mass is 31.2. The molecule has 10 heteroatoms. The predicted octanol–water partition coefficient (Wildman–Crippen LogP) is 23.8. The molecule has 0 radical (unpaired) electrons. The van der Waals surface area contributed by atoms with Crippen molar-refractivity contribution < 1.29 is 37.6 Å². The third kappa shape index (κ3) is 68.0. The lowest BCUT2D eigenvalue weighted by molar-refractivity contribution is -0.161. The largest absolute Gasteiger partial charge is 0.472 e. The van der Waals surface area contributed by atoms with Crippen molar-refractivity contribution in [2.45, 2.75) is 418 Å². The third-order valence-corrected chi connectivity index (χ3v) is 18.0. The number of rotatable bonds is 71. The molecule has 0 aliphatic heterocycles. The Bertz CT molecular complexity index is 1290. The normalized spacial score (nSPS) is 12.8. The van der Waals surface area contributed by atoms with Crippen LogP contribution in [0.15, 0.2) is 0 Å². The van der Waals surface area contributed by atoms with Crippen molar-refractivity contribution in [1.82, 2.24) is 0 Å². The number of esters is 2. The fourth-order valence-corrected chi connectivity index (χ4v) is 12.4. The second kappa shape index (κ2) is 68.1. The van der Waals surface area contributed by atoms with E-state index >= 15 is 0 Å². The maximum atomic E-state index is 12.8. The van der Waals surface area contributed by atoms with Gasteiger partial charge in [-0.15, -0.1) is 0 Å². The van der Waals surface area contributed by atoms with Crippen molar-refractivity contribution in [2.24, 2.45) is 5.73 Å². The molecule has 0 saturated carbocycles. The molecule has 0 aliphatic carbocycles. The molecule has 0 aliphatic rings. The Morgan fingerprint density at radius 2 is 0.531 bits per heavy atom. The summed E-state index contributed by atoms with van der Waals surface area (Å²) in [7, 11) is -4.38. The number of carbonyl (C=O) groups excluding carboxylic acids is 2. The summed E-state index contributed by atoms with van der Waals surface area (Å²) in [6.07, 6.45) is 81.0. The van der Waals surface area contributed by atoms with Gasteiger partial charge in [0.1, 0.15) is 6.61 Å². The minimum Gasteiger partial charge on any atom is -0.462 e. The van der Waals surface area contributed by atoms with Crippen LogP contribution in [-0.4, -0.2) is 49.3 Å². The Morgan fingerprint density at radius 1 is 0.321 bits per heavy atom. The number of phosphoric acid groups is 1. The van der Waals surface area contributed by atoms with E-state index < -0.39 is 26.5 Å². The summed E-state index contributed by atoms with van der Waals surface area (Å²) in [4.78, 5) is 35.3. The molecule has 0 aromatic carbocycles. The molecular weight excluding hydrogens is 1030 g/mol. The molecule has 0 heterocycles. The van der Waals surface area contributed by atoms with E-state index in [-0.39, 0.29) is 38.6 Å². The van der Waals surface area contributed by atoms with E-state index in [2.05, 4.69) is 13.8 Å². The van der Waals surface area contributed by atoms with Gasteiger partial charge in [-0.05, 0) is 12.8 Å². The van der Waals surface area contributed by atoms with Crippen LogP contribution >= 0.6 is 7.82 Å². The van der Waals surface area contributed by atoms with E-state index in [1.54, 1.807) is 0 Å². The van der Waals surface area contributed by atoms with E-state index in [1.165, 1.54) is 347 Å². The van der Waals surface area contributed by atoms with E-state index in [1.807, 2.05) is 0 Å². The molecular formula is C71H142NO8P. The maximum absolute atomic E-state index is 12.8. The van der Waals surface area contributed by atoms with Gasteiger partial charge in [0.2, 0.25) is 0 Å². The fraction of sp³-hybridized carbons (Fsp3) is 0.972. The first-order valence-corrected chi connectivity index (χ1v) is 38.0. The number of carbonyl (C=O) groups is 2. The summed E-state index contributed by atoms with van der Waals surface area (Å²) >= 11 is 0. The Balaban J connectivity index is 3.69. The van der Waals surface area contributed by atoms with Gasteiger partial charge in [-0.3, -0.25) is 18.6 Å². The van der Waals surface area contributed by atoms with Crippen LogP contribution in [0.3, 0.4) is 0 Å². The zero-order chi connectivity index (χ0) is 58.7. The smallest absolute Gasteiger partial charge is 0.462 e. The molecule has 0 aromatic rings. The van der Waals surface area contributed by atoms with Crippen LogP contribution in [0.2, 0.25) is 0 Å². The topological polar surface area (TPSA) is 134 Å². The number of ether oxygens (including phenoxy) is 2. The summed E-state index contributed by atoms with van der Waals surface area (Å²) in [5.74, 6) is -0.798. The molecule has 484 valence electrons. The van der Waals surface area contributed by atoms with Crippen molar-refractivity contribution >= 4 is 19.8 Å². The average Bonchev–Trinajstić information content (AvgIpc) is 3.46. The summed E-state index contributed by atoms with van der Waals surface area (Å²) in [6, 6.07) is 0. The van der Waals surface area contributed by atoms with Gasteiger partial charge in [0.05, 0.1) is 13.2 Å². The molecule has 2 unspecified atom stereocenters. The monoisotopic (exact) mass is 1170 g/mol. The van der Waals surface area contributed by atoms with Crippen LogP contribution in [0.5, 0.6) is 0 Å². The van der Waals surface area contributed by atoms with Gasteiger partial charge < -0.3 is 20.1 Å². The Morgan fingerprint density at radius 3 is 0.753 bits per heavy atom. The highest BCUT2D eigenvalue weighted by Crippen LogP contribution is 2.43. The molecule has 0 aromatic heterocycles. The van der Waals surface area contributed by atoms with Gasteiger partial charge in [0.15, 0.2) is 6.10 Å². The number of unbranched alkanes of at least 4 members (excludes halogenated alkanes) is 58. The quantitative estimate of drug-likeness (QED) is 0.0347. The van der Waals surface area contributed by atoms with Gasteiger partial charge >= 0.3 is 19.8 Å². The van der Waals surface area contributed by atoms with E-state index in [0.717, 1.165) is 32.1 Å². The van der Waals surface area contributed by atoms with Crippen molar-refractivity contribution in [3.63, 3.8) is 0 Å². The van der Waals surface area contributed by atoms with Crippen molar-refractivity contribution in [3.8, 4) is 0 Å². The first-order valence-electron chi connectivity index (χ1n) is 36.5. The van der Waals surface area contributed by atoms with E-state index in [0.29, 0.717) is 6.42 Å². The highest BCUT2D eigenvalue weighted by molar-refractivity contribution is 7.47. The van der Waals surface area contributed by atoms with E-state index in [9.17, 15) is 19.0 Å². The van der Waals surface area contributed by atoms with Gasteiger partial charge in [-0.1, -0.05) is 386 Å². The fourth-order valence-electron chi connectivity index (χ4n) is 11.6. The molecule has 0 bridgehead atoms. The lowest BCUT2D eigenvalue weighted by Gasteiger charge is -2.19. The molecule has 9 nitrogen and oxygen atoms in total. The second-order valence-corrected chi connectivity index (χ2v) is 26.6. The van der Waals surface area contributed by atoms with Crippen LogP contribution in [-0.2, 0) is 32.7 Å². The molecule has 0 fully saturated rings. The maximum Gasteiger partial charge on any atom is 0.472 e. The molecule has 0 spiro atoms. The number of hydrogen-bond acceptors (Lipinski definition) is 8.